The summed E-state index contributed by atoms with van der Waals surface area (Å²) in [5.41, 5.74) is 5.39. The minimum absolute atomic E-state index is 0.158. The van der Waals surface area contributed by atoms with E-state index in [0.29, 0.717) is 18.8 Å². The van der Waals surface area contributed by atoms with Crippen molar-refractivity contribution in [2.24, 2.45) is 5.73 Å². The first-order valence-corrected chi connectivity index (χ1v) is 6.07. The topological polar surface area (TPSA) is 92.4 Å². The molecule has 7 nitrogen and oxygen atoms in total. The van der Waals surface area contributed by atoms with Crippen LogP contribution in [-0.4, -0.2) is 53.4 Å². The van der Waals surface area contributed by atoms with Gasteiger partial charge in [0.2, 0.25) is 5.91 Å². The number of hydrogen-bond acceptors (Lipinski definition) is 5. The van der Waals surface area contributed by atoms with Crippen LogP contribution in [0.1, 0.15) is 23.3 Å². The van der Waals surface area contributed by atoms with Crippen LogP contribution in [0.25, 0.3) is 0 Å². The highest BCUT2D eigenvalue weighted by atomic mass is 16.2. The van der Waals surface area contributed by atoms with Gasteiger partial charge in [0, 0.05) is 39.2 Å². The molecule has 7 heteroatoms. The first-order valence-electron chi connectivity index (χ1n) is 6.07. The summed E-state index contributed by atoms with van der Waals surface area (Å²) < 4.78 is 0. The lowest BCUT2D eigenvalue weighted by molar-refractivity contribution is -0.132. The Hall–Kier alpha value is -2.18. The second kappa shape index (κ2) is 5.21. The summed E-state index contributed by atoms with van der Waals surface area (Å²) in [5.74, 6) is 0.217. The lowest BCUT2D eigenvalue weighted by Crippen LogP contribution is -2.47. The van der Waals surface area contributed by atoms with Crippen LogP contribution in [-0.2, 0) is 4.79 Å². The van der Waals surface area contributed by atoms with Crippen molar-refractivity contribution in [3.63, 3.8) is 0 Å². The Balaban J connectivity index is 2.15. The van der Waals surface area contributed by atoms with Crippen LogP contribution < -0.4 is 10.6 Å². The molecule has 1 fully saturated rings. The van der Waals surface area contributed by atoms with E-state index in [2.05, 4.69) is 9.97 Å². The van der Waals surface area contributed by atoms with Crippen LogP contribution in [0.2, 0.25) is 0 Å². The smallest absolute Gasteiger partial charge is 0.267 e. The number of carbonyl (C=O) groups is 2. The normalized spacial score (nSPS) is 19.4. The number of hydrogen-bond donors (Lipinski definition) is 1. The number of nitrogens with two attached hydrogens (primary N) is 1. The molecule has 102 valence electrons. The van der Waals surface area contributed by atoms with Crippen LogP contribution in [0.5, 0.6) is 0 Å². The molecule has 1 aromatic rings. The molecule has 0 saturated carbocycles. The first kappa shape index (κ1) is 13.3. The summed E-state index contributed by atoms with van der Waals surface area (Å²) in [4.78, 5) is 34.2. The van der Waals surface area contributed by atoms with Crippen molar-refractivity contribution >= 4 is 17.6 Å². The van der Waals surface area contributed by atoms with Gasteiger partial charge in [0.1, 0.15) is 17.8 Å². The highest BCUT2D eigenvalue weighted by molar-refractivity contribution is 5.91. The van der Waals surface area contributed by atoms with E-state index >= 15 is 0 Å². The molecule has 0 spiro atoms. The van der Waals surface area contributed by atoms with E-state index in [1.165, 1.54) is 6.33 Å². The van der Waals surface area contributed by atoms with Gasteiger partial charge < -0.3 is 15.5 Å². The third kappa shape index (κ3) is 2.81. The van der Waals surface area contributed by atoms with Gasteiger partial charge in [0.05, 0.1) is 0 Å². The fourth-order valence-electron chi connectivity index (χ4n) is 2.17. The molecule has 0 aromatic carbocycles. The van der Waals surface area contributed by atoms with Crippen molar-refractivity contribution in [1.82, 2.24) is 14.9 Å². The Labute approximate surface area is 111 Å². The highest BCUT2D eigenvalue weighted by Crippen LogP contribution is 2.19. The second-order valence-corrected chi connectivity index (χ2v) is 4.70. The van der Waals surface area contributed by atoms with Gasteiger partial charge in [-0.15, -0.1) is 0 Å². The van der Waals surface area contributed by atoms with Crippen molar-refractivity contribution in [3.05, 3.63) is 18.1 Å². The number of amides is 2. The van der Waals surface area contributed by atoms with Gasteiger partial charge in [0.25, 0.3) is 5.91 Å². The van der Waals surface area contributed by atoms with Crippen LogP contribution in [0.15, 0.2) is 12.4 Å². The molecule has 1 aromatic heterocycles. The van der Waals surface area contributed by atoms with E-state index in [0.717, 1.165) is 6.42 Å². The quantitative estimate of drug-likeness (QED) is 0.803. The van der Waals surface area contributed by atoms with Crippen LogP contribution in [0.4, 0.5) is 5.82 Å². The number of likely N-dealkylation sites (tertiary alicyclic amines) is 1. The van der Waals surface area contributed by atoms with Gasteiger partial charge >= 0.3 is 0 Å². The Morgan fingerprint density at radius 1 is 1.53 bits per heavy atom. The maximum absolute atomic E-state index is 11.5. The molecule has 2 amide bonds. The predicted molar refractivity (Wildman–Crippen MR) is 69.6 cm³/mol. The Bertz CT molecular complexity index is 505. The molecule has 0 aliphatic carbocycles. The fourth-order valence-corrected chi connectivity index (χ4v) is 2.17. The molecule has 19 heavy (non-hydrogen) atoms. The minimum Gasteiger partial charge on any atom is -0.364 e. The number of rotatable bonds is 3. The van der Waals surface area contributed by atoms with Crippen LogP contribution in [0.3, 0.4) is 0 Å². The number of carbonyl (C=O) groups excluding carboxylic acids is 2. The minimum atomic E-state index is -0.576. The number of anilines is 1. The van der Waals surface area contributed by atoms with E-state index in [9.17, 15) is 9.59 Å². The first-order chi connectivity index (χ1) is 8.99. The molecule has 0 radical (unpaired) electrons. The fraction of sp³-hybridized carbons (Fsp3) is 0.500. The van der Waals surface area contributed by atoms with E-state index < -0.39 is 5.91 Å². The molecule has 1 aliphatic rings. The summed E-state index contributed by atoms with van der Waals surface area (Å²) in [6, 6.07) is 1.75. The molecule has 1 aliphatic heterocycles. The molecule has 2 N–H and O–H groups in total. The van der Waals surface area contributed by atoms with Crippen molar-refractivity contribution < 1.29 is 9.59 Å². The largest absolute Gasteiger partial charge is 0.364 e. The van der Waals surface area contributed by atoms with Crippen LogP contribution in [0, 0.1) is 0 Å². The van der Waals surface area contributed by atoms with Gasteiger partial charge in [-0.05, 0) is 6.42 Å². The van der Waals surface area contributed by atoms with E-state index in [1.807, 2.05) is 11.9 Å². The molecule has 2 heterocycles. The standard InChI is InChI=1S/C12H17N5O2/c1-16-6-8(3-4-11(16)18)17(2)10-5-9(12(13)19)14-7-15-10/h5,7-8H,3-4,6H2,1-2H3,(H2,13,19). The van der Waals surface area contributed by atoms with Crippen LogP contribution >= 0.6 is 0 Å². The number of nitrogens with zero attached hydrogens (tertiary/aromatic N) is 4. The highest BCUT2D eigenvalue weighted by Gasteiger charge is 2.26. The summed E-state index contributed by atoms with van der Waals surface area (Å²) in [6.45, 7) is 0.644. The van der Waals surface area contributed by atoms with Crippen molar-refractivity contribution in [1.29, 1.82) is 0 Å². The molecule has 0 bridgehead atoms. The molecule has 1 atom stereocenters. The molecular formula is C12H17N5O2. The Morgan fingerprint density at radius 3 is 2.89 bits per heavy atom. The average Bonchev–Trinajstić information content (AvgIpc) is 2.41. The zero-order chi connectivity index (χ0) is 14.0. The molecule has 1 unspecified atom stereocenters. The SMILES string of the molecule is CN1CC(N(C)c2cc(C(N)=O)ncn2)CCC1=O. The zero-order valence-corrected chi connectivity index (χ0v) is 11.0. The van der Waals surface area contributed by atoms with Crippen molar-refractivity contribution in [2.75, 3.05) is 25.5 Å². The number of likely N-dealkylation sites (N-methyl/N-ethyl adjacent to an activating group) is 2. The second-order valence-electron chi connectivity index (χ2n) is 4.70. The Morgan fingerprint density at radius 2 is 2.26 bits per heavy atom. The van der Waals surface area contributed by atoms with Gasteiger partial charge in [0.15, 0.2) is 0 Å². The molecule has 1 saturated heterocycles. The molecule has 2 rings (SSSR count). The average molecular weight is 263 g/mol. The lowest BCUT2D eigenvalue weighted by Gasteiger charge is -2.36. The van der Waals surface area contributed by atoms with Gasteiger partial charge in [-0.1, -0.05) is 0 Å². The summed E-state index contributed by atoms with van der Waals surface area (Å²) >= 11 is 0. The van der Waals surface area contributed by atoms with Gasteiger partial charge in [-0.2, -0.15) is 0 Å². The lowest BCUT2D eigenvalue weighted by atomic mass is 10.0. The Kier molecular flexibility index (Phi) is 3.64. The third-order valence-electron chi connectivity index (χ3n) is 3.42. The van der Waals surface area contributed by atoms with E-state index in [-0.39, 0.29) is 17.6 Å². The monoisotopic (exact) mass is 263 g/mol. The summed E-state index contributed by atoms with van der Waals surface area (Å²) in [6.07, 6.45) is 2.62. The van der Waals surface area contributed by atoms with Gasteiger partial charge in [-0.25, -0.2) is 9.97 Å². The maximum Gasteiger partial charge on any atom is 0.267 e. The maximum atomic E-state index is 11.5. The van der Waals surface area contributed by atoms with Crippen molar-refractivity contribution in [3.8, 4) is 0 Å². The van der Waals surface area contributed by atoms with E-state index in [4.69, 9.17) is 5.73 Å². The summed E-state index contributed by atoms with van der Waals surface area (Å²) in [5, 5.41) is 0. The van der Waals surface area contributed by atoms with Crippen molar-refractivity contribution in [2.45, 2.75) is 18.9 Å². The predicted octanol–water partition coefficient (Wildman–Crippen LogP) is -0.367. The third-order valence-corrected chi connectivity index (χ3v) is 3.42. The van der Waals surface area contributed by atoms with Gasteiger partial charge in [-0.3, -0.25) is 9.59 Å². The number of aromatic nitrogens is 2. The molecular weight excluding hydrogens is 246 g/mol. The summed E-state index contributed by atoms with van der Waals surface area (Å²) in [7, 11) is 3.68. The zero-order valence-electron chi connectivity index (χ0n) is 11.0. The number of primary amides is 1. The van der Waals surface area contributed by atoms with E-state index in [1.54, 1.807) is 18.0 Å². The number of piperidine rings is 1.